The molecule has 1 saturated carbocycles. The molecule has 0 bridgehead atoms. The number of fused-ring (bicyclic) bond motifs is 2. The van der Waals surface area contributed by atoms with E-state index < -0.39 is 0 Å². The quantitative estimate of drug-likeness (QED) is 0.114. The van der Waals surface area contributed by atoms with Crippen molar-refractivity contribution >= 4 is 23.4 Å². The number of nitrogens with one attached hydrogen (secondary N) is 1. The Hall–Kier alpha value is -3.87. The normalized spacial score (nSPS) is 16.2. The number of likely N-dealkylation sites (tertiary alicyclic amines) is 1. The van der Waals surface area contributed by atoms with Crippen molar-refractivity contribution in [1.82, 2.24) is 10.2 Å². The van der Waals surface area contributed by atoms with Gasteiger partial charge in [-0.15, -0.1) is 0 Å². The van der Waals surface area contributed by atoms with Crippen LogP contribution in [0.25, 0.3) is 0 Å². The van der Waals surface area contributed by atoms with Gasteiger partial charge >= 0.3 is 0 Å². The molecule has 1 N–H and O–H groups in total. The van der Waals surface area contributed by atoms with Crippen molar-refractivity contribution in [2.24, 2.45) is 11.3 Å². The average Bonchev–Trinajstić information content (AvgIpc) is 3.24. The first kappa shape index (κ1) is 45.2. The zero-order valence-corrected chi connectivity index (χ0v) is 34.4. The van der Waals surface area contributed by atoms with Gasteiger partial charge in [-0.1, -0.05) is 42.2 Å². The highest BCUT2D eigenvalue weighted by Gasteiger charge is 2.40. The molecule has 1 saturated heterocycles. The van der Waals surface area contributed by atoms with Crippen LogP contribution in [0.1, 0.15) is 68.1 Å². The highest BCUT2D eigenvalue weighted by atomic mass is 16.6. The van der Waals surface area contributed by atoms with Crippen LogP contribution >= 0.6 is 0 Å². The van der Waals surface area contributed by atoms with E-state index in [1.54, 1.807) is 12.0 Å². The lowest BCUT2D eigenvalue weighted by molar-refractivity contribution is -0.135. The van der Waals surface area contributed by atoms with Gasteiger partial charge in [0.25, 0.3) is 0 Å². The Kier molecular flexibility index (Phi) is 19.9. The first-order valence-corrected chi connectivity index (χ1v) is 21.0. The van der Waals surface area contributed by atoms with Gasteiger partial charge in [0.05, 0.1) is 105 Å². The molecule has 5 rings (SSSR count). The minimum atomic E-state index is -0.0439. The second-order valence-corrected chi connectivity index (χ2v) is 15.0. The average molecular weight is 806 g/mol. The van der Waals surface area contributed by atoms with Crippen LogP contribution in [0, 0.1) is 23.2 Å². The maximum absolute atomic E-state index is 13.5. The molecule has 2 fully saturated rings. The predicted molar refractivity (Wildman–Crippen MR) is 219 cm³/mol. The molecule has 0 atom stereocenters. The molecule has 2 aromatic rings. The number of benzene rings is 2. The summed E-state index contributed by atoms with van der Waals surface area (Å²) in [6.07, 6.45) is 6.16. The number of carbonyl (C=O) groups excluding carboxylic acids is 3. The number of ether oxygens (including phenoxy) is 7. The monoisotopic (exact) mass is 805 g/mol. The molecule has 13 heteroatoms. The minimum absolute atomic E-state index is 0.0362. The van der Waals surface area contributed by atoms with Crippen molar-refractivity contribution in [1.29, 1.82) is 0 Å². The van der Waals surface area contributed by atoms with Crippen LogP contribution in [-0.4, -0.2) is 135 Å². The van der Waals surface area contributed by atoms with Crippen molar-refractivity contribution < 1.29 is 47.5 Å². The van der Waals surface area contributed by atoms with Crippen molar-refractivity contribution in [2.75, 3.05) is 118 Å². The summed E-state index contributed by atoms with van der Waals surface area (Å²) in [6, 6.07) is 15.6. The van der Waals surface area contributed by atoms with Crippen molar-refractivity contribution in [3.8, 4) is 11.8 Å². The van der Waals surface area contributed by atoms with Crippen LogP contribution in [0.3, 0.4) is 0 Å². The number of hydrogen-bond acceptors (Lipinski definition) is 10. The molecule has 2 heterocycles. The summed E-state index contributed by atoms with van der Waals surface area (Å²) >= 11 is 0. The Bertz CT molecular complexity index is 1610. The van der Waals surface area contributed by atoms with Crippen LogP contribution in [-0.2, 0) is 54.1 Å². The molecule has 0 radical (unpaired) electrons. The summed E-state index contributed by atoms with van der Waals surface area (Å²) in [4.78, 5) is 43.4. The molecule has 0 aromatic heterocycles. The molecule has 2 aromatic carbocycles. The minimum Gasteiger partial charge on any atom is -0.382 e. The van der Waals surface area contributed by atoms with Crippen LogP contribution < -0.4 is 10.2 Å². The van der Waals surface area contributed by atoms with E-state index in [2.05, 4.69) is 17.2 Å². The highest BCUT2D eigenvalue weighted by Crippen LogP contribution is 2.46. The zero-order chi connectivity index (χ0) is 40.7. The van der Waals surface area contributed by atoms with Gasteiger partial charge in [0.2, 0.25) is 17.7 Å². The third kappa shape index (κ3) is 15.1. The summed E-state index contributed by atoms with van der Waals surface area (Å²) in [5.41, 5.74) is 3.74. The molecular formula is C45H63N3O10. The lowest BCUT2D eigenvalue weighted by Gasteiger charge is -2.45. The first-order valence-electron chi connectivity index (χ1n) is 21.0. The summed E-state index contributed by atoms with van der Waals surface area (Å²) < 4.78 is 37.9. The summed E-state index contributed by atoms with van der Waals surface area (Å²) in [7, 11) is 1.64. The fourth-order valence-corrected chi connectivity index (χ4v) is 7.66. The summed E-state index contributed by atoms with van der Waals surface area (Å²) in [5.74, 6) is 6.57. The standard InChI is InChI=1S/C45H63N3O10/c1-52-24-25-54-28-29-56-32-33-58-35-34-57-31-30-55-27-26-53-23-15-42(49)47-21-18-45(19-22-47)16-12-39(13-17-45)44(51)46-20-14-43(50)48-36-40-8-3-2-6-37(40)10-11-38-7-4-5-9-41(38)48/h2-9,39H,12-36H2,1H3,(H,46,51). The molecular weight excluding hydrogens is 743 g/mol. The number of methoxy groups -OCH3 is 1. The molecule has 3 aliphatic rings. The second-order valence-electron chi connectivity index (χ2n) is 15.0. The van der Waals surface area contributed by atoms with Gasteiger partial charge in [-0.3, -0.25) is 14.4 Å². The number of hydrogen-bond donors (Lipinski definition) is 1. The number of carbonyl (C=O) groups is 3. The van der Waals surface area contributed by atoms with E-state index in [4.69, 9.17) is 33.2 Å². The lowest BCUT2D eigenvalue weighted by atomic mass is 9.65. The number of amides is 3. The molecule has 13 nitrogen and oxygen atoms in total. The Morgan fingerprint density at radius 1 is 0.638 bits per heavy atom. The lowest BCUT2D eigenvalue weighted by Crippen LogP contribution is -2.46. The van der Waals surface area contributed by atoms with E-state index in [0.717, 1.165) is 74.0 Å². The molecule has 3 amide bonds. The Balaban J connectivity index is 0.856. The number of rotatable bonds is 25. The Labute approximate surface area is 344 Å². The first-order chi connectivity index (χ1) is 28.5. The maximum atomic E-state index is 13.5. The number of piperidine rings is 1. The molecule has 1 aliphatic carbocycles. The SMILES string of the molecule is COCCOCCOCCOCCOCCOCCOCCC(=O)N1CCC2(CCC(C(=O)NCCC(=O)N3Cc4ccccc4C#Cc4ccccc43)CC2)CC1. The second kappa shape index (κ2) is 25.6. The van der Waals surface area contributed by atoms with E-state index >= 15 is 0 Å². The predicted octanol–water partition coefficient (Wildman–Crippen LogP) is 4.37. The molecule has 58 heavy (non-hydrogen) atoms. The van der Waals surface area contributed by atoms with Crippen LogP contribution in [0.5, 0.6) is 0 Å². The summed E-state index contributed by atoms with van der Waals surface area (Å²) in [5, 5.41) is 3.06. The van der Waals surface area contributed by atoms with Crippen molar-refractivity contribution in [3.05, 3.63) is 65.2 Å². The van der Waals surface area contributed by atoms with Gasteiger partial charge in [-0.25, -0.2) is 0 Å². The van der Waals surface area contributed by atoms with E-state index in [0.29, 0.717) is 105 Å². The van der Waals surface area contributed by atoms with Crippen LogP contribution in [0.15, 0.2) is 48.5 Å². The zero-order valence-electron chi connectivity index (χ0n) is 34.4. The highest BCUT2D eigenvalue weighted by molar-refractivity contribution is 5.95. The molecule has 318 valence electrons. The Morgan fingerprint density at radius 2 is 1.16 bits per heavy atom. The number of para-hydroxylation sites is 1. The molecule has 0 unspecified atom stereocenters. The van der Waals surface area contributed by atoms with Gasteiger partial charge in [0.15, 0.2) is 0 Å². The third-order valence-corrected chi connectivity index (χ3v) is 11.2. The van der Waals surface area contributed by atoms with Gasteiger partial charge < -0.3 is 48.3 Å². The van der Waals surface area contributed by atoms with Crippen molar-refractivity contribution in [2.45, 2.75) is 57.9 Å². The number of nitrogens with zero attached hydrogens (tertiary/aromatic N) is 2. The molecule has 2 aliphatic heterocycles. The van der Waals surface area contributed by atoms with E-state index in [1.807, 2.05) is 53.4 Å². The van der Waals surface area contributed by atoms with Crippen LogP contribution in [0.2, 0.25) is 0 Å². The van der Waals surface area contributed by atoms with Crippen LogP contribution in [0.4, 0.5) is 5.69 Å². The Morgan fingerprint density at radius 3 is 1.76 bits per heavy atom. The fourth-order valence-electron chi connectivity index (χ4n) is 7.66. The van der Waals surface area contributed by atoms with E-state index in [9.17, 15) is 14.4 Å². The number of anilines is 1. The van der Waals surface area contributed by atoms with Gasteiger partial charge in [0, 0.05) is 50.2 Å². The van der Waals surface area contributed by atoms with E-state index in [1.165, 1.54) is 0 Å². The topological polar surface area (TPSA) is 134 Å². The van der Waals surface area contributed by atoms with Crippen molar-refractivity contribution in [3.63, 3.8) is 0 Å². The maximum Gasteiger partial charge on any atom is 0.229 e. The third-order valence-electron chi connectivity index (χ3n) is 11.2. The van der Waals surface area contributed by atoms with E-state index in [-0.39, 0.29) is 35.5 Å². The van der Waals surface area contributed by atoms with Gasteiger partial charge in [-0.2, -0.15) is 0 Å². The smallest absolute Gasteiger partial charge is 0.229 e. The largest absolute Gasteiger partial charge is 0.382 e. The summed E-state index contributed by atoms with van der Waals surface area (Å²) in [6.45, 7) is 8.69. The van der Waals surface area contributed by atoms with Gasteiger partial charge in [-0.05, 0) is 67.7 Å². The van der Waals surface area contributed by atoms with Gasteiger partial charge in [0.1, 0.15) is 0 Å². The fraction of sp³-hybridized carbons (Fsp3) is 0.622. The molecule has 1 spiro atoms.